The summed E-state index contributed by atoms with van der Waals surface area (Å²) in [6, 6.07) is 8.43. The number of pyridine rings is 1. The van der Waals surface area contributed by atoms with Gasteiger partial charge in [0.15, 0.2) is 0 Å². The van der Waals surface area contributed by atoms with Gasteiger partial charge in [-0.3, -0.25) is 0 Å². The van der Waals surface area contributed by atoms with Gasteiger partial charge < -0.3 is 15.0 Å². The lowest BCUT2D eigenvalue weighted by Gasteiger charge is -2.30. The van der Waals surface area contributed by atoms with E-state index in [1.165, 1.54) is 11.1 Å². The summed E-state index contributed by atoms with van der Waals surface area (Å²) in [6.07, 6.45) is 1.81. The molecule has 1 N–H and O–H groups in total. The van der Waals surface area contributed by atoms with Gasteiger partial charge in [-0.25, -0.2) is 4.98 Å². The summed E-state index contributed by atoms with van der Waals surface area (Å²) in [5.74, 6) is 0.745. The molecular formula is C15H19N3O. The summed E-state index contributed by atoms with van der Waals surface area (Å²) in [6.45, 7) is 6.75. The molecule has 3 rings (SSSR count). The van der Waals surface area contributed by atoms with Crippen molar-refractivity contribution in [2.45, 2.75) is 6.92 Å². The SMILES string of the molecule is CCOc1nccc2cccc(N3CCNCC3)c12. The van der Waals surface area contributed by atoms with Gasteiger partial charge in [0.1, 0.15) is 0 Å². The highest BCUT2D eigenvalue weighted by Gasteiger charge is 2.16. The third kappa shape index (κ3) is 2.36. The van der Waals surface area contributed by atoms with Gasteiger partial charge in [0.05, 0.1) is 17.7 Å². The van der Waals surface area contributed by atoms with Gasteiger partial charge in [-0.05, 0) is 24.4 Å². The van der Waals surface area contributed by atoms with Crippen LogP contribution < -0.4 is 15.0 Å². The van der Waals surface area contributed by atoms with Crippen molar-refractivity contribution < 1.29 is 4.74 Å². The number of anilines is 1. The van der Waals surface area contributed by atoms with Crippen LogP contribution in [0.2, 0.25) is 0 Å². The summed E-state index contributed by atoms with van der Waals surface area (Å²) < 4.78 is 5.70. The predicted octanol–water partition coefficient (Wildman–Crippen LogP) is 2.04. The van der Waals surface area contributed by atoms with Crippen molar-refractivity contribution in [2.24, 2.45) is 0 Å². The number of hydrogen-bond acceptors (Lipinski definition) is 4. The van der Waals surface area contributed by atoms with Crippen LogP contribution in [-0.4, -0.2) is 37.8 Å². The van der Waals surface area contributed by atoms with Crippen LogP contribution in [0.15, 0.2) is 30.5 Å². The van der Waals surface area contributed by atoms with Crippen molar-refractivity contribution in [2.75, 3.05) is 37.7 Å². The molecule has 4 nitrogen and oxygen atoms in total. The lowest BCUT2D eigenvalue weighted by molar-refractivity contribution is 0.331. The zero-order valence-electron chi connectivity index (χ0n) is 11.2. The predicted molar refractivity (Wildman–Crippen MR) is 78.0 cm³/mol. The summed E-state index contributed by atoms with van der Waals surface area (Å²) in [7, 11) is 0. The fraction of sp³-hybridized carbons (Fsp3) is 0.400. The average molecular weight is 257 g/mol. The number of benzene rings is 1. The molecule has 0 radical (unpaired) electrons. The second kappa shape index (κ2) is 5.45. The molecule has 0 aliphatic carbocycles. The van der Waals surface area contributed by atoms with Gasteiger partial charge in [-0.1, -0.05) is 12.1 Å². The smallest absolute Gasteiger partial charge is 0.223 e. The van der Waals surface area contributed by atoms with Crippen molar-refractivity contribution in [3.05, 3.63) is 30.5 Å². The molecule has 4 heteroatoms. The van der Waals surface area contributed by atoms with Crippen LogP contribution in [0.25, 0.3) is 10.8 Å². The minimum absolute atomic E-state index is 0.641. The minimum Gasteiger partial charge on any atom is -0.477 e. The Balaban J connectivity index is 2.11. The molecule has 0 atom stereocenters. The number of rotatable bonds is 3. The van der Waals surface area contributed by atoms with Crippen molar-refractivity contribution in [3.8, 4) is 5.88 Å². The summed E-state index contributed by atoms with van der Waals surface area (Å²) in [4.78, 5) is 6.79. The van der Waals surface area contributed by atoms with E-state index in [9.17, 15) is 0 Å². The van der Waals surface area contributed by atoms with Crippen LogP contribution in [0.5, 0.6) is 5.88 Å². The lowest BCUT2D eigenvalue weighted by Crippen LogP contribution is -2.43. The molecular weight excluding hydrogens is 238 g/mol. The molecule has 1 aliphatic heterocycles. The quantitative estimate of drug-likeness (QED) is 0.913. The fourth-order valence-electron chi connectivity index (χ4n) is 2.59. The van der Waals surface area contributed by atoms with E-state index in [0.717, 1.165) is 37.4 Å². The molecule has 2 heterocycles. The number of aromatic nitrogens is 1. The molecule has 0 amide bonds. The topological polar surface area (TPSA) is 37.4 Å². The molecule has 19 heavy (non-hydrogen) atoms. The van der Waals surface area contributed by atoms with Crippen molar-refractivity contribution in [3.63, 3.8) is 0 Å². The van der Waals surface area contributed by atoms with Gasteiger partial charge in [0.2, 0.25) is 5.88 Å². The number of hydrogen-bond donors (Lipinski definition) is 1. The van der Waals surface area contributed by atoms with Gasteiger partial charge in [0.25, 0.3) is 0 Å². The van der Waals surface area contributed by atoms with Gasteiger partial charge in [0, 0.05) is 32.4 Å². The third-order valence-electron chi connectivity index (χ3n) is 3.47. The molecule has 1 aliphatic rings. The first-order chi connectivity index (χ1) is 9.40. The Morgan fingerprint density at radius 1 is 1.26 bits per heavy atom. The summed E-state index contributed by atoms with van der Waals surface area (Å²) in [5.41, 5.74) is 1.23. The molecule has 1 fully saturated rings. The zero-order chi connectivity index (χ0) is 13.1. The maximum Gasteiger partial charge on any atom is 0.223 e. The van der Waals surface area contributed by atoms with Crippen molar-refractivity contribution in [1.82, 2.24) is 10.3 Å². The standard InChI is InChI=1S/C15H19N3O/c1-2-19-15-14-12(6-7-17-15)4-3-5-13(14)18-10-8-16-9-11-18/h3-7,16H,2,8-11H2,1H3. The lowest BCUT2D eigenvalue weighted by atomic mass is 10.1. The number of nitrogens with zero attached hydrogens (tertiary/aromatic N) is 2. The molecule has 0 unspecified atom stereocenters. The number of ether oxygens (including phenoxy) is 1. The molecule has 0 bridgehead atoms. The first kappa shape index (κ1) is 12.2. The molecule has 1 aromatic heterocycles. The van der Waals surface area contributed by atoms with Gasteiger partial charge in [-0.2, -0.15) is 0 Å². The van der Waals surface area contributed by atoms with Crippen LogP contribution in [0, 0.1) is 0 Å². The molecule has 100 valence electrons. The fourth-order valence-corrected chi connectivity index (χ4v) is 2.59. The van der Waals surface area contributed by atoms with E-state index in [1.54, 1.807) is 0 Å². The van der Waals surface area contributed by atoms with E-state index in [2.05, 4.69) is 33.4 Å². The van der Waals surface area contributed by atoms with E-state index in [1.807, 2.05) is 19.2 Å². The Bertz CT molecular complexity index is 559. The maximum absolute atomic E-state index is 5.70. The Morgan fingerprint density at radius 2 is 2.11 bits per heavy atom. The molecule has 0 saturated carbocycles. The summed E-state index contributed by atoms with van der Waals surface area (Å²) in [5, 5.41) is 5.71. The monoisotopic (exact) mass is 257 g/mol. The first-order valence-electron chi connectivity index (χ1n) is 6.86. The third-order valence-corrected chi connectivity index (χ3v) is 3.47. The highest BCUT2D eigenvalue weighted by atomic mass is 16.5. The van der Waals surface area contributed by atoms with Crippen molar-refractivity contribution in [1.29, 1.82) is 0 Å². The van der Waals surface area contributed by atoms with E-state index in [-0.39, 0.29) is 0 Å². The zero-order valence-corrected chi connectivity index (χ0v) is 11.2. The maximum atomic E-state index is 5.70. The van der Waals surface area contributed by atoms with Crippen LogP contribution in [0.4, 0.5) is 5.69 Å². The molecule has 0 spiro atoms. The van der Waals surface area contributed by atoms with E-state index in [0.29, 0.717) is 6.61 Å². The average Bonchev–Trinajstić information content (AvgIpc) is 2.48. The van der Waals surface area contributed by atoms with Crippen LogP contribution in [0.3, 0.4) is 0 Å². The normalized spacial score (nSPS) is 15.7. The number of piperazine rings is 1. The molecule has 1 saturated heterocycles. The van der Waals surface area contributed by atoms with Crippen LogP contribution >= 0.6 is 0 Å². The first-order valence-corrected chi connectivity index (χ1v) is 6.86. The van der Waals surface area contributed by atoms with Crippen molar-refractivity contribution >= 4 is 16.5 Å². The Morgan fingerprint density at radius 3 is 2.89 bits per heavy atom. The van der Waals surface area contributed by atoms with Crippen LogP contribution in [0.1, 0.15) is 6.92 Å². The van der Waals surface area contributed by atoms with E-state index in [4.69, 9.17) is 4.74 Å². The highest BCUT2D eigenvalue weighted by Crippen LogP contribution is 2.33. The van der Waals surface area contributed by atoms with E-state index < -0.39 is 0 Å². The Hall–Kier alpha value is -1.81. The van der Waals surface area contributed by atoms with Gasteiger partial charge >= 0.3 is 0 Å². The largest absolute Gasteiger partial charge is 0.477 e. The second-order valence-corrected chi connectivity index (χ2v) is 4.66. The second-order valence-electron chi connectivity index (χ2n) is 4.66. The Labute approximate surface area is 113 Å². The Kier molecular flexibility index (Phi) is 3.51. The van der Waals surface area contributed by atoms with Gasteiger partial charge in [-0.15, -0.1) is 0 Å². The van der Waals surface area contributed by atoms with E-state index >= 15 is 0 Å². The number of fused-ring (bicyclic) bond motifs is 1. The van der Waals surface area contributed by atoms with Crippen LogP contribution in [-0.2, 0) is 0 Å². The minimum atomic E-state index is 0.641. The highest BCUT2D eigenvalue weighted by molar-refractivity contribution is 5.98. The molecule has 1 aromatic carbocycles. The number of nitrogens with one attached hydrogen (secondary N) is 1. The molecule has 2 aromatic rings. The summed E-state index contributed by atoms with van der Waals surface area (Å²) >= 11 is 0.